The first-order valence-electron chi connectivity index (χ1n) is 4.78. The average molecular weight is 239 g/mol. The summed E-state index contributed by atoms with van der Waals surface area (Å²) >= 11 is 0. The fraction of sp³-hybridized carbons (Fsp3) is 0.273. The summed E-state index contributed by atoms with van der Waals surface area (Å²) in [6, 6.07) is 1.43. The van der Waals surface area contributed by atoms with Crippen LogP contribution in [0.3, 0.4) is 0 Å². The first-order chi connectivity index (χ1) is 7.88. The van der Waals surface area contributed by atoms with Gasteiger partial charge in [0.15, 0.2) is 0 Å². The van der Waals surface area contributed by atoms with Crippen LogP contribution in [-0.4, -0.2) is 29.3 Å². The first-order valence-corrected chi connectivity index (χ1v) is 4.78. The van der Waals surface area contributed by atoms with E-state index in [1.54, 1.807) is 6.92 Å². The van der Waals surface area contributed by atoms with Gasteiger partial charge in [0, 0.05) is 5.56 Å². The van der Waals surface area contributed by atoms with Crippen LogP contribution in [-0.2, 0) is 9.53 Å². The third kappa shape index (κ3) is 2.54. The molecule has 0 saturated carbocycles. The number of phenols is 1. The molecular formula is C11H13NO5. The van der Waals surface area contributed by atoms with Gasteiger partial charge in [-0.1, -0.05) is 6.07 Å². The van der Waals surface area contributed by atoms with Crippen LogP contribution in [0, 0.1) is 6.92 Å². The highest BCUT2D eigenvalue weighted by Gasteiger charge is 2.23. The molecule has 0 fully saturated rings. The number of esters is 1. The number of carboxylic acid groups (broad SMARTS) is 1. The minimum atomic E-state index is -1.39. The predicted molar refractivity (Wildman–Crippen MR) is 58.7 cm³/mol. The third-order valence-electron chi connectivity index (χ3n) is 2.29. The number of rotatable bonds is 3. The maximum absolute atomic E-state index is 11.4. The SMILES string of the molecule is COC(=O)c1cc(C)cc([C@H](N)C(=O)O)c1O. The highest BCUT2D eigenvalue weighted by atomic mass is 16.5. The van der Waals surface area contributed by atoms with Gasteiger partial charge in [-0.05, 0) is 18.6 Å². The van der Waals surface area contributed by atoms with Gasteiger partial charge in [0.25, 0.3) is 0 Å². The number of phenolic OH excluding ortho intramolecular Hbond substituents is 1. The van der Waals surface area contributed by atoms with E-state index in [1.165, 1.54) is 19.2 Å². The van der Waals surface area contributed by atoms with E-state index in [2.05, 4.69) is 4.74 Å². The van der Waals surface area contributed by atoms with Gasteiger partial charge in [0.1, 0.15) is 17.4 Å². The van der Waals surface area contributed by atoms with Crippen molar-refractivity contribution in [3.05, 3.63) is 28.8 Å². The molecule has 0 aliphatic carbocycles. The van der Waals surface area contributed by atoms with Crippen molar-refractivity contribution in [3.8, 4) is 5.75 Å². The molecule has 6 heteroatoms. The molecule has 0 spiro atoms. The van der Waals surface area contributed by atoms with Crippen LogP contribution in [0.4, 0.5) is 0 Å². The molecule has 0 aliphatic heterocycles. The van der Waals surface area contributed by atoms with Gasteiger partial charge in [-0.15, -0.1) is 0 Å². The minimum Gasteiger partial charge on any atom is -0.507 e. The summed E-state index contributed by atoms with van der Waals surface area (Å²) in [7, 11) is 1.17. The lowest BCUT2D eigenvalue weighted by Crippen LogP contribution is -2.21. The molecule has 0 aromatic heterocycles. The molecule has 4 N–H and O–H groups in total. The van der Waals surface area contributed by atoms with E-state index in [0.717, 1.165) is 0 Å². The van der Waals surface area contributed by atoms with Crippen LogP contribution in [0.15, 0.2) is 12.1 Å². The minimum absolute atomic E-state index is 0.0158. The summed E-state index contributed by atoms with van der Waals surface area (Å²) in [4.78, 5) is 22.1. The molecule has 0 bridgehead atoms. The summed E-state index contributed by atoms with van der Waals surface area (Å²) in [6.45, 7) is 1.66. The number of methoxy groups -OCH3 is 1. The van der Waals surface area contributed by atoms with Crippen molar-refractivity contribution >= 4 is 11.9 Å². The second-order valence-corrected chi connectivity index (χ2v) is 3.56. The van der Waals surface area contributed by atoms with E-state index in [1.807, 2.05) is 0 Å². The number of carbonyl (C=O) groups excluding carboxylic acids is 1. The lowest BCUT2D eigenvalue weighted by molar-refractivity contribution is -0.138. The maximum atomic E-state index is 11.4. The molecule has 1 rings (SSSR count). The zero-order valence-corrected chi connectivity index (χ0v) is 9.43. The Bertz CT molecular complexity index is 469. The smallest absolute Gasteiger partial charge is 0.341 e. The Morgan fingerprint density at radius 3 is 2.47 bits per heavy atom. The number of hydrogen-bond donors (Lipinski definition) is 3. The molecule has 17 heavy (non-hydrogen) atoms. The van der Waals surface area contributed by atoms with E-state index >= 15 is 0 Å². The maximum Gasteiger partial charge on any atom is 0.341 e. The molecule has 0 heterocycles. The molecule has 1 atom stereocenters. The van der Waals surface area contributed by atoms with Gasteiger partial charge in [-0.25, -0.2) is 4.79 Å². The van der Waals surface area contributed by atoms with Crippen LogP contribution in [0.5, 0.6) is 5.75 Å². The van der Waals surface area contributed by atoms with Gasteiger partial charge in [0.2, 0.25) is 0 Å². The van der Waals surface area contributed by atoms with Gasteiger partial charge in [0.05, 0.1) is 7.11 Å². The van der Waals surface area contributed by atoms with Crippen LogP contribution < -0.4 is 5.73 Å². The average Bonchev–Trinajstić information content (AvgIpc) is 2.29. The van der Waals surface area contributed by atoms with Crippen molar-refractivity contribution < 1.29 is 24.5 Å². The molecule has 0 aliphatic rings. The van der Waals surface area contributed by atoms with Crippen molar-refractivity contribution in [1.29, 1.82) is 0 Å². The summed E-state index contributed by atoms with van der Waals surface area (Å²) in [6.07, 6.45) is 0. The molecule has 1 aromatic carbocycles. The second-order valence-electron chi connectivity index (χ2n) is 3.56. The normalized spacial score (nSPS) is 11.9. The Kier molecular flexibility index (Phi) is 3.69. The zero-order chi connectivity index (χ0) is 13.2. The molecular weight excluding hydrogens is 226 g/mol. The van der Waals surface area contributed by atoms with Crippen LogP contribution in [0.2, 0.25) is 0 Å². The highest BCUT2D eigenvalue weighted by Crippen LogP contribution is 2.29. The first kappa shape index (κ1) is 13.0. The lowest BCUT2D eigenvalue weighted by atomic mass is 9.99. The Morgan fingerprint density at radius 2 is 2.00 bits per heavy atom. The van der Waals surface area contributed by atoms with Crippen LogP contribution >= 0.6 is 0 Å². The van der Waals surface area contributed by atoms with Crippen molar-refractivity contribution in [3.63, 3.8) is 0 Å². The molecule has 0 amide bonds. The number of ether oxygens (including phenoxy) is 1. The molecule has 0 unspecified atom stereocenters. The highest BCUT2D eigenvalue weighted by molar-refractivity contribution is 5.94. The number of aryl methyl sites for hydroxylation is 1. The van der Waals surface area contributed by atoms with E-state index < -0.39 is 23.7 Å². The van der Waals surface area contributed by atoms with Crippen molar-refractivity contribution in [2.24, 2.45) is 5.73 Å². The van der Waals surface area contributed by atoms with Gasteiger partial charge in [-0.3, -0.25) is 4.79 Å². The number of carboxylic acids is 1. The number of aromatic hydroxyl groups is 1. The van der Waals surface area contributed by atoms with E-state index in [4.69, 9.17) is 10.8 Å². The van der Waals surface area contributed by atoms with E-state index in [0.29, 0.717) is 5.56 Å². The second kappa shape index (κ2) is 4.84. The van der Waals surface area contributed by atoms with Gasteiger partial charge < -0.3 is 20.7 Å². The molecule has 0 saturated heterocycles. The lowest BCUT2D eigenvalue weighted by Gasteiger charge is -2.13. The molecule has 6 nitrogen and oxygen atoms in total. The van der Waals surface area contributed by atoms with Gasteiger partial charge >= 0.3 is 11.9 Å². The standard InChI is InChI=1S/C11H13NO5/c1-5-3-6(8(12)10(14)15)9(13)7(4-5)11(16)17-2/h3-4,8,13H,12H2,1-2H3,(H,14,15)/t8-/m0/s1. The van der Waals surface area contributed by atoms with Crippen molar-refractivity contribution in [1.82, 2.24) is 0 Å². The predicted octanol–water partition coefficient (Wildman–Crippen LogP) is 0.572. The van der Waals surface area contributed by atoms with Crippen LogP contribution in [0.1, 0.15) is 27.5 Å². The number of aliphatic carboxylic acids is 1. The zero-order valence-electron chi connectivity index (χ0n) is 9.43. The number of nitrogens with two attached hydrogens (primary N) is 1. The fourth-order valence-electron chi connectivity index (χ4n) is 1.44. The molecule has 1 aromatic rings. The summed E-state index contributed by atoms with van der Waals surface area (Å²) in [5, 5.41) is 18.6. The number of benzene rings is 1. The fourth-order valence-corrected chi connectivity index (χ4v) is 1.44. The monoisotopic (exact) mass is 239 g/mol. The Balaban J connectivity index is 3.38. The molecule has 92 valence electrons. The van der Waals surface area contributed by atoms with Crippen molar-refractivity contribution in [2.45, 2.75) is 13.0 Å². The number of hydrogen-bond acceptors (Lipinski definition) is 5. The molecule has 0 radical (unpaired) electrons. The number of carbonyl (C=O) groups is 2. The summed E-state index contributed by atoms with van der Waals surface area (Å²) in [5.74, 6) is -2.50. The Labute approximate surface area is 97.6 Å². The third-order valence-corrected chi connectivity index (χ3v) is 2.29. The Hall–Kier alpha value is -2.08. The van der Waals surface area contributed by atoms with Gasteiger partial charge in [-0.2, -0.15) is 0 Å². The van der Waals surface area contributed by atoms with Crippen molar-refractivity contribution in [2.75, 3.05) is 7.11 Å². The topological polar surface area (TPSA) is 110 Å². The largest absolute Gasteiger partial charge is 0.507 e. The quantitative estimate of drug-likeness (QED) is 0.665. The Morgan fingerprint density at radius 1 is 1.41 bits per heavy atom. The summed E-state index contributed by atoms with van der Waals surface area (Å²) in [5.41, 5.74) is 5.90. The van der Waals surface area contributed by atoms with E-state index in [-0.39, 0.29) is 11.1 Å². The summed E-state index contributed by atoms with van der Waals surface area (Å²) < 4.78 is 4.48. The van der Waals surface area contributed by atoms with E-state index in [9.17, 15) is 14.7 Å². The van der Waals surface area contributed by atoms with Crippen LogP contribution in [0.25, 0.3) is 0 Å².